The van der Waals surface area contributed by atoms with Gasteiger partial charge in [0.15, 0.2) is 0 Å². The lowest BCUT2D eigenvalue weighted by Gasteiger charge is -2.34. The van der Waals surface area contributed by atoms with Gasteiger partial charge in [-0.3, -0.25) is 4.90 Å². The average molecular weight is 359 g/mol. The number of rotatable bonds is 8. The summed E-state index contributed by atoms with van der Waals surface area (Å²) in [4.78, 5) is 19.1. The standard InChI is InChI=1S/C21H34N4O/c1-18(20-9-10-20)23(2)21(26)22-11-6-12-24-13-15-25(16-14-24)17-19-7-4-3-5-8-19/h3-5,7-8,18,20H,6,9-17H2,1-2H3,(H,22,26). The molecular weight excluding hydrogens is 324 g/mol. The van der Waals surface area contributed by atoms with E-state index in [2.05, 4.69) is 52.4 Å². The number of benzene rings is 1. The van der Waals surface area contributed by atoms with E-state index in [0.29, 0.717) is 6.04 Å². The van der Waals surface area contributed by atoms with Crippen LogP contribution in [-0.2, 0) is 6.54 Å². The van der Waals surface area contributed by atoms with Crippen LogP contribution >= 0.6 is 0 Å². The maximum atomic E-state index is 12.2. The molecule has 1 N–H and O–H groups in total. The van der Waals surface area contributed by atoms with Gasteiger partial charge in [0.1, 0.15) is 0 Å². The fourth-order valence-electron chi connectivity index (χ4n) is 3.72. The molecule has 1 aromatic rings. The monoisotopic (exact) mass is 358 g/mol. The number of carbonyl (C=O) groups excluding carboxylic acids is 1. The highest BCUT2D eigenvalue weighted by Crippen LogP contribution is 2.34. The van der Waals surface area contributed by atoms with E-state index in [1.165, 1.54) is 18.4 Å². The van der Waals surface area contributed by atoms with E-state index in [1.54, 1.807) is 0 Å². The Hall–Kier alpha value is -1.59. The lowest BCUT2D eigenvalue weighted by Crippen LogP contribution is -2.47. The number of piperazine rings is 1. The van der Waals surface area contributed by atoms with Crippen LogP contribution < -0.4 is 5.32 Å². The van der Waals surface area contributed by atoms with Gasteiger partial charge < -0.3 is 15.1 Å². The number of amides is 2. The molecule has 0 radical (unpaired) electrons. The summed E-state index contributed by atoms with van der Waals surface area (Å²) in [5.74, 6) is 0.720. The van der Waals surface area contributed by atoms with E-state index >= 15 is 0 Å². The molecule has 0 aromatic heterocycles. The number of carbonyl (C=O) groups is 1. The number of hydrogen-bond donors (Lipinski definition) is 1. The van der Waals surface area contributed by atoms with Crippen LogP contribution in [0.15, 0.2) is 30.3 Å². The Morgan fingerprint density at radius 1 is 1.15 bits per heavy atom. The molecule has 2 aliphatic rings. The van der Waals surface area contributed by atoms with E-state index in [1.807, 2.05) is 11.9 Å². The number of nitrogens with one attached hydrogen (secondary N) is 1. The molecule has 26 heavy (non-hydrogen) atoms. The van der Waals surface area contributed by atoms with Crippen LogP contribution in [0.4, 0.5) is 4.79 Å². The molecule has 1 aliphatic heterocycles. The molecule has 1 saturated heterocycles. The smallest absolute Gasteiger partial charge is 0.317 e. The van der Waals surface area contributed by atoms with E-state index in [4.69, 9.17) is 0 Å². The topological polar surface area (TPSA) is 38.8 Å². The first-order valence-electron chi connectivity index (χ1n) is 10.1. The number of hydrogen-bond acceptors (Lipinski definition) is 3. The third-order valence-electron chi connectivity index (χ3n) is 5.88. The van der Waals surface area contributed by atoms with Gasteiger partial charge in [-0.15, -0.1) is 0 Å². The zero-order valence-electron chi connectivity index (χ0n) is 16.4. The molecule has 0 bridgehead atoms. The van der Waals surface area contributed by atoms with E-state index < -0.39 is 0 Å². The molecule has 1 heterocycles. The van der Waals surface area contributed by atoms with Crippen molar-refractivity contribution >= 4 is 6.03 Å². The van der Waals surface area contributed by atoms with Crippen LogP contribution in [-0.4, -0.2) is 73.1 Å². The van der Waals surface area contributed by atoms with Crippen molar-refractivity contribution in [1.82, 2.24) is 20.0 Å². The summed E-state index contributed by atoms with van der Waals surface area (Å²) in [6.07, 6.45) is 3.57. The first-order valence-corrected chi connectivity index (χ1v) is 10.1. The zero-order valence-corrected chi connectivity index (χ0v) is 16.4. The average Bonchev–Trinajstić information content (AvgIpc) is 3.51. The lowest BCUT2D eigenvalue weighted by atomic mass is 10.2. The van der Waals surface area contributed by atoms with E-state index in [0.717, 1.165) is 58.2 Å². The van der Waals surface area contributed by atoms with Crippen LogP contribution in [0.3, 0.4) is 0 Å². The summed E-state index contributed by atoms with van der Waals surface area (Å²) in [6.45, 7) is 9.55. The van der Waals surface area contributed by atoms with Gasteiger partial charge in [-0.1, -0.05) is 30.3 Å². The third kappa shape index (κ3) is 5.71. The molecule has 2 fully saturated rings. The summed E-state index contributed by atoms with van der Waals surface area (Å²) < 4.78 is 0. The Labute approximate surface area is 158 Å². The Balaban J connectivity index is 1.26. The molecule has 0 spiro atoms. The van der Waals surface area contributed by atoms with Gasteiger partial charge in [-0.2, -0.15) is 0 Å². The van der Waals surface area contributed by atoms with E-state index in [-0.39, 0.29) is 6.03 Å². The van der Waals surface area contributed by atoms with Crippen LogP contribution in [0.5, 0.6) is 0 Å². The SMILES string of the molecule is CC(C1CC1)N(C)C(=O)NCCCN1CCN(Cc2ccccc2)CC1. The van der Waals surface area contributed by atoms with Gasteiger partial charge in [-0.25, -0.2) is 4.79 Å². The molecule has 5 nitrogen and oxygen atoms in total. The Bertz CT molecular complexity index is 552. The van der Waals surface area contributed by atoms with Crippen molar-refractivity contribution in [2.24, 2.45) is 5.92 Å². The van der Waals surface area contributed by atoms with Gasteiger partial charge in [0.05, 0.1) is 0 Å². The van der Waals surface area contributed by atoms with Crippen LogP contribution in [0.25, 0.3) is 0 Å². The van der Waals surface area contributed by atoms with Crippen molar-refractivity contribution in [3.8, 4) is 0 Å². The molecule has 1 unspecified atom stereocenters. The quantitative estimate of drug-likeness (QED) is 0.726. The van der Waals surface area contributed by atoms with Crippen LogP contribution in [0.1, 0.15) is 31.7 Å². The predicted octanol–water partition coefficient (Wildman–Crippen LogP) is 2.63. The van der Waals surface area contributed by atoms with Crippen molar-refractivity contribution < 1.29 is 4.79 Å². The van der Waals surface area contributed by atoms with Crippen molar-refractivity contribution in [1.29, 1.82) is 0 Å². The number of urea groups is 1. The highest BCUT2D eigenvalue weighted by atomic mass is 16.2. The second-order valence-corrected chi connectivity index (χ2v) is 7.88. The maximum absolute atomic E-state index is 12.2. The van der Waals surface area contributed by atoms with Gasteiger partial charge in [0, 0.05) is 52.4 Å². The lowest BCUT2D eigenvalue weighted by molar-refractivity contribution is 0.126. The van der Waals surface area contributed by atoms with Crippen molar-refractivity contribution in [2.45, 2.75) is 38.8 Å². The highest BCUT2D eigenvalue weighted by Gasteiger charge is 2.32. The molecule has 1 aromatic carbocycles. The molecule has 3 rings (SSSR count). The van der Waals surface area contributed by atoms with Crippen molar-refractivity contribution in [2.75, 3.05) is 46.3 Å². The summed E-state index contributed by atoms with van der Waals surface area (Å²) >= 11 is 0. The Morgan fingerprint density at radius 3 is 2.46 bits per heavy atom. The molecule has 2 amide bonds. The second-order valence-electron chi connectivity index (χ2n) is 7.88. The maximum Gasteiger partial charge on any atom is 0.317 e. The minimum atomic E-state index is 0.0806. The van der Waals surface area contributed by atoms with Gasteiger partial charge >= 0.3 is 6.03 Å². The minimum absolute atomic E-state index is 0.0806. The first-order chi connectivity index (χ1) is 12.6. The van der Waals surface area contributed by atoms with Gasteiger partial charge in [0.2, 0.25) is 0 Å². The second kappa shape index (κ2) is 9.38. The summed E-state index contributed by atoms with van der Waals surface area (Å²) in [5, 5.41) is 3.08. The zero-order chi connectivity index (χ0) is 18.4. The summed E-state index contributed by atoms with van der Waals surface area (Å²) in [7, 11) is 1.92. The fourth-order valence-corrected chi connectivity index (χ4v) is 3.72. The fraction of sp³-hybridized carbons (Fsp3) is 0.667. The van der Waals surface area contributed by atoms with Crippen molar-refractivity contribution in [3.63, 3.8) is 0 Å². The third-order valence-corrected chi connectivity index (χ3v) is 5.88. The largest absolute Gasteiger partial charge is 0.338 e. The molecule has 1 atom stereocenters. The first kappa shape index (κ1) is 19.2. The predicted molar refractivity (Wildman–Crippen MR) is 106 cm³/mol. The van der Waals surface area contributed by atoms with Gasteiger partial charge in [0.25, 0.3) is 0 Å². The van der Waals surface area contributed by atoms with E-state index in [9.17, 15) is 4.79 Å². The Kier molecular flexibility index (Phi) is 6.92. The molecule has 144 valence electrons. The van der Waals surface area contributed by atoms with Crippen LogP contribution in [0, 0.1) is 5.92 Å². The van der Waals surface area contributed by atoms with Crippen LogP contribution in [0.2, 0.25) is 0 Å². The minimum Gasteiger partial charge on any atom is -0.338 e. The number of nitrogens with zero attached hydrogens (tertiary/aromatic N) is 3. The Morgan fingerprint density at radius 2 is 1.81 bits per heavy atom. The molecular formula is C21H34N4O. The summed E-state index contributed by atoms with van der Waals surface area (Å²) in [5.41, 5.74) is 1.40. The highest BCUT2D eigenvalue weighted by molar-refractivity contribution is 5.74. The summed E-state index contributed by atoms with van der Waals surface area (Å²) in [6, 6.07) is 11.2. The van der Waals surface area contributed by atoms with Crippen molar-refractivity contribution in [3.05, 3.63) is 35.9 Å². The van der Waals surface area contributed by atoms with Gasteiger partial charge in [-0.05, 0) is 44.2 Å². The molecule has 1 aliphatic carbocycles. The molecule has 1 saturated carbocycles. The molecule has 5 heteroatoms. The normalized spacial score (nSPS) is 19.9.